The Hall–Kier alpha value is -2.72. The molecule has 1 aliphatic rings. The number of hydrogen-bond acceptors (Lipinski definition) is 3. The van der Waals surface area contributed by atoms with Gasteiger partial charge in [0.05, 0.1) is 5.56 Å². The SMILES string of the molecule is CCc1cccc(CC)c1-c1nc(C)c(CN(C)C2CCCc3ccccc32)c(=O)[nH]1. The van der Waals surface area contributed by atoms with Gasteiger partial charge in [-0.1, -0.05) is 56.3 Å². The van der Waals surface area contributed by atoms with Gasteiger partial charge in [-0.3, -0.25) is 9.69 Å². The zero-order chi connectivity index (χ0) is 22.0. The summed E-state index contributed by atoms with van der Waals surface area (Å²) in [7, 11) is 2.13. The van der Waals surface area contributed by atoms with E-state index in [-0.39, 0.29) is 5.56 Å². The van der Waals surface area contributed by atoms with Crippen LogP contribution in [0.1, 0.15) is 66.2 Å². The summed E-state index contributed by atoms with van der Waals surface area (Å²) in [6.07, 6.45) is 5.29. The van der Waals surface area contributed by atoms with Crippen LogP contribution in [0.2, 0.25) is 0 Å². The van der Waals surface area contributed by atoms with Crippen LogP contribution in [0.15, 0.2) is 47.3 Å². The van der Waals surface area contributed by atoms with Crippen molar-refractivity contribution >= 4 is 0 Å². The number of nitrogens with zero attached hydrogens (tertiary/aromatic N) is 2. The smallest absolute Gasteiger partial charge is 0.255 e. The molecule has 1 atom stereocenters. The van der Waals surface area contributed by atoms with E-state index in [1.165, 1.54) is 28.7 Å². The summed E-state index contributed by atoms with van der Waals surface area (Å²) in [6.45, 7) is 6.86. The molecule has 0 saturated heterocycles. The van der Waals surface area contributed by atoms with Crippen LogP contribution in [0.5, 0.6) is 0 Å². The number of aromatic nitrogens is 2. The van der Waals surface area contributed by atoms with Gasteiger partial charge in [-0.25, -0.2) is 4.98 Å². The minimum absolute atomic E-state index is 0.0218. The van der Waals surface area contributed by atoms with Crippen molar-refractivity contribution in [2.75, 3.05) is 7.05 Å². The summed E-state index contributed by atoms with van der Waals surface area (Å²) in [4.78, 5) is 23.5. The maximum atomic E-state index is 13.2. The fourth-order valence-electron chi connectivity index (χ4n) is 5.01. The van der Waals surface area contributed by atoms with Crippen molar-refractivity contribution < 1.29 is 0 Å². The molecule has 4 heteroatoms. The van der Waals surface area contributed by atoms with E-state index in [4.69, 9.17) is 4.98 Å². The van der Waals surface area contributed by atoms with E-state index in [0.717, 1.165) is 42.5 Å². The van der Waals surface area contributed by atoms with Gasteiger partial charge in [0.15, 0.2) is 0 Å². The predicted octanol–water partition coefficient (Wildman–Crippen LogP) is 5.38. The number of fused-ring (bicyclic) bond motifs is 1. The molecule has 4 nitrogen and oxygen atoms in total. The van der Waals surface area contributed by atoms with Crippen LogP contribution in [0.4, 0.5) is 0 Å². The molecule has 0 saturated carbocycles. The molecule has 1 aliphatic carbocycles. The zero-order valence-corrected chi connectivity index (χ0v) is 19.2. The standard InChI is InChI=1S/C27H33N3O/c1-5-19-12-9-13-20(6-2)25(19)26-28-18(3)23(27(31)29-26)17-30(4)24-16-10-14-21-11-7-8-15-22(21)24/h7-9,11-13,15,24H,5-6,10,14,16-17H2,1-4H3,(H,28,29,31). The van der Waals surface area contributed by atoms with Gasteiger partial charge in [-0.15, -0.1) is 0 Å². The molecule has 0 bridgehead atoms. The normalized spacial score (nSPS) is 15.8. The van der Waals surface area contributed by atoms with E-state index in [9.17, 15) is 4.79 Å². The molecule has 0 radical (unpaired) electrons. The molecule has 1 aromatic heterocycles. The average molecular weight is 416 g/mol. The quantitative estimate of drug-likeness (QED) is 0.588. The molecule has 162 valence electrons. The number of aromatic amines is 1. The predicted molar refractivity (Wildman–Crippen MR) is 127 cm³/mol. The molecule has 1 N–H and O–H groups in total. The molecule has 0 fully saturated rings. The van der Waals surface area contributed by atoms with E-state index in [1.54, 1.807) is 0 Å². The maximum Gasteiger partial charge on any atom is 0.255 e. The third-order valence-corrected chi connectivity index (χ3v) is 6.74. The summed E-state index contributed by atoms with van der Waals surface area (Å²) in [5.41, 5.74) is 7.95. The van der Waals surface area contributed by atoms with E-state index in [0.29, 0.717) is 18.4 Å². The van der Waals surface area contributed by atoms with Gasteiger partial charge >= 0.3 is 0 Å². The number of benzene rings is 2. The minimum Gasteiger partial charge on any atom is -0.306 e. The Morgan fingerprint density at radius 1 is 1.06 bits per heavy atom. The monoisotopic (exact) mass is 415 g/mol. The summed E-state index contributed by atoms with van der Waals surface area (Å²) in [5.74, 6) is 0.700. The lowest BCUT2D eigenvalue weighted by Gasteiger charge is -2.33. The molecular weight excluding hydrogens is 382 g/mol. The third-order valence-electron chi connectivity index (χ3n) is 6.74. The highest BCUT2D eigenvalue weighted by molar-refractivity contribution is 5.65. The molecule has 3 aromatic rings. The van der Waals surface area contributed by atoms with Crippen molar-refractivity contribution in [3.8, 4) is 11.4 Å². The molecule has 0 spiro atoms. The van der Waals surface area contributed by atoms with Crippen LogP contribution in [-0.4, -0.2) is 21.9 Å². The lowest BCUT2D eigenvalue weighted by Crippen LogP contribution is -2.31. The molecule has 2 aromatic carbocycles. The van der Waals surface area contributed by atoms with Gasteiger partial charge < -0.3 is 4.98 Å². The molecule has 1 heterocycles. The molecule has 0 aliphatic heterocycles. The molecular formula is C27H33N3O. The molecule has 1 unspecified atom stereocenters. The Bertz CT molecular complexity index is 1110. The fourth-order valence-corrected chi connectivity index (χ4v) is 5.01. The number of hydrogen-bond donors (Lipinski definition) is 1. The molecule has 4 rings (SSSR count). The topological polar surface area (TPSA) is 49.0 Å². The van der Waals surface area contributed by atoms with Gasteiger partial charge in [0, 0.05) is 23.8 Å². The highest BCUT2D eigenvalue weighted by atomic mass is 16.1. The van der Waals surface area contributed by atoms with Crippen LogP contribution >= 0.6 is 0 Å². The second kappa shape index (κ2) is 9.19. The first-order chi connectivity index (χ1) is 15.0. The largest absolute Gasteiger partial charge is 0.306 e. The van der Waals surface area contributed by atoms with Crippen molar-refractivity contribution in [3.63, 3.8) is 0 Å². The Morgan fingerprint density at radius 2 is 1.77 bits per heavy atom. The maximum absolute atomic E-state index is 13.2. The number of aryl methyl sites for hydroxylation is 4. The summed E-state index contributed by atoms with van der Waals surface area (Å²) in [6, 6.07) is 15.4. The van der Waals surface area contributed by atoms with Crippen LogP contribution in [0.25, 0.3) is 11.4 Å². The van der Waals surface area contributed by atoms with Crippen molar-refractivity contribution in [2.45, 2.75) is 65.5 Å². The van der Waals surface area contributed by atoms with E-state index >= 15 is 0 Å². The Balaban J connectivity index is 1.66. The van der Waals surface area contributed by atoms with Crippen molar-refractivity contribution in [1.29, 1.82) is 0 Å². The number of H-pyrrole nitrogens is 1. The van der Waals surface area contributed by atoms with Crippen LogP contribution in [0, 0.1) is 6.92 Å². The third kappa shape index (κ3) is 4.22. The van der Waals surface area contributed by atoms with Gasteiger partial charge in [0.2, 0.25) is 0 Å². The summed E-state index contributed by atoms with van der Waals surface area (Å²) in [5, 5.41) is 0. The van der Waals surface area contributed by atoms with Gasteiger partial charge in [-0.2, -0.15) is 0 Å². The Kier molecular flexibility index (Phi) is 6.38. The second-order valence-corrected chi connectivity index (χ2v) is 8.66. The summed E-state index contributed by atoms with van der Waals surface area (Å²) < 4.78 is 0. The van der Waals surface area contributed by atoms with E-state index < -0.39 is 0 Å². The van der Waals surface area contributed by atoms with Crippen molar-refractivity contribution in [1.82, 2.24) is 14.9 Å². The first-order valence-corrected chi connectivity index (χ1v) is 11.5. The highest BCUT2D eigenvalue weighted by Crippen LogP contribution is 2.34. The molecule has 0 amide bonds. The van der Waals surface area contributed by atoms with Crippen molar-refractivity contribution in [3.05, 3.63) is 86.3 Å². The van der Waals surface area contributed by atoms with Gasteiger partial charge in [-0.05, 0) is 68.3 Å². The minimum atomic E-state index is -0.0218. The fraction of sp³-hybridized carbons (Fsp3) is 0.407. The van der Waals surface area contributed by atoms with E-state index in [2.05, 4.69) is 73.2 Å². The Labute approximate surface area is 185 Å². The number of nitrogens with one attached hydrogen (secondary N) is 1. The highest BCUT2D eigenvalue weighted by Gasteiger charge is 2.25. The lowest BCUT2D eigenvalue weighted by molar-refractivity contribution is 0.212. The second-order valence-electron chi connectivity index (χ2n) is 8.66. The van der Waals surface area contributed by atoms with Crippen LogP contribution in [0.3, 0.4) is 0 Å². The summed E-state index contributed by atoms with van der Waals surface area (Å²) >= 11 is 0. The number of rotatable bonds is 6. The van der Waals surface area contributed by atoms with E-state index in [1.807, 2.05) is 6.92 Å². The van der Waals surface area contributed by atoms with Crippen LogP contribution < -0.4 is 5.56 Å². The first-order valence-electron chi connectivity index (χ1n) is 11.5. The van der Waals surface area contributed by atoms with Gasteiger partial charge in [0.1, 0.15) is 5.82 Å². The van der Waals surface area contributed by atoms with Crippen LogP contribution in [-0.2, 0) is 25.8 Å². The van der Waals surface area contributed by atoms with Gasteiger partial charge in [0.25, 0.3) is 5.56 Å². The first kappa shape index (κ1) is 21.5. The molecule has 31 heavy (non-hydrogen) atoms. The van der Waals surface area contributed by atoms with Crippen molar-refractivity contribution in [2.24, 2.45) is 0 Å². The average Bonchev–Trinajstić information content (AvgIpc) is 2.80. The lowest BCUT2D eigenvalue weighted by atomic mass is 9.87. The zero-order valence-electron chi connectivity index (χ0n) is 19.2. The Morgan fingerprint density at radius 3 is 2.45 bits per heavy atom.